The van der Waals surface area contributed by atoms with E-state index in [0.717, 1.165) is 50.5 Å². The molecule has 0 aromatic heterocycles. The van der Waals surface area contributed by atoms with E-state index in [4.69, 9.17) is 8.92 Å². The van der Waals surface area contributed by atoms with E-state index in [2.05, 4.69) is 5.32 Å². The lowest BCUT2D eigenvalue weighted by atomic mass is 10.1. The predicted octanol–water partition coefficient (Wildman–Crippen LogP) is 4.96. The van der Waals surface area contributed by atoms with Crippen molar-refractivity contribution in [1.82, 2.24) is 5.32 Å². The van der Waals surface area contributed by atoms with Gasteiger partial charge in [0.1, 0.15) is 5.60 Å². The maximum Gasteiger partial charge on any atom is 0.407 e. The van der Waals surface area contributed by atoms with E-state index >= 15 is 0 Å². The summed E-state index contributed by atoms with van der Waals surface area (Å²) in [4.78, 5) is 11.7. The van der Waals surface area contributed by atoms with Crippen molar-refractivity contribution in [1.29, 1.82) is 0 Å². The lowest BCUT2D eigenvalue weighted by molar-refractivity contribution is 0.0527. The molecule has 1 aromatic rings. The topological polar surface area (TPSA) is 81.7 Å². The molecule has 0 saturated carbocycles. The fraction of sp³-hybridized carbons (Fsp3) is 0.667. The van der Waals surface area contributed by atoms with Gasteiger partial charge in [0.05, 0.1) is 11.5 Å². The number of aryl methyl sites for hydroxylation is 1. The van der Waals surface area contributed by atoms with Crippen LogP contribution in [0.1, 0.15) is 71.3 Å². The van der Waals surface area contributed by atoms with Crippen molar-refractivity contribution in [2.24, 2.45) is 0 Å². The van der Waals surface area contributed by atoms with E-state index in [9.17, 15) is 13.2 Å². The molecule has 0 aliphatic heterocycles. The van der Waals surface area contributed by atoms with E-state index in [-0.39, 0.29) is 17.6 Å². The average molecular weight is 414 g/mol. The van der Waals surface area contributed by atoms with Crippen molar-refractivity contribution >= 4 is 16.2 Å². The van der Waals surface area contributed by atoms with Crippen LogP contribution in [0.2, 0.25) is 0 Å². The summed E-state index contributed by atoms with van der Waals surface area (Å²) < 4.78 is 34.4. The first-order valence-corrected chi connectivity index (χ1v) is 11.4. The van der Waals surface area contributed by atoms with Crippen LogP contribution in [0.5, 0.6) is 0 Å². The Morgan fingerprint density at radius 3 is 2.04 bits per heavy atom. The van der Waals surface area contributed by atoms with Crippen LogP contribution in [0.3, 0.4) is 0 Å². The smallest absolute Gasteiger partial charge is 0.407 e. The molecule has 1 N–H and O–H groups in total. The molecule has 0 spiro atoms. The largest absolute Gasteiger partial charge is 0.444 e. The molecule has 160 valence electrons. The molecule has 0 radical (unpaired) electrons. The predicted molar refractivity (Wildman–Crippen MR) is 111 cm³/mol. The number of ether oxygens (including phenoxy) is 1. The number of carbonyl (C=O) groups excluding carboxylic acids is 1. The normalized spacial score (nSPS) is 12.0. The zero-order valence-corrected chi connectivity index (χ0v) is 18.4. The van der Waals surface area contributed by atoms with Gasteiger partial charge in [0.2, 0.25) is 0 Å². The van der Waals surface area contributed by atoms with Gasteiger partial charge in [-0.1, -0.05) is 49.8 Å². The van der Waals surface area contributed by atoms with Gasteiger partial charge in [-0.05, 0) is 52.7 Å². The molecule has 0 saturated heterocycles. The number of hydrogen-bond acceptors (Lipinski definition) is 5. The summed E-state index contributed by atoms with van der Waals surface area (Å²) in [5, 5.41) is 2.75. The molecule has 0 unspecified atom stereocenters. The van der Waals surface area contributed by atoms with Gasteiger partial charge in [-0.25, -0.2) is 4.79 Å². The van der Waals surface area contributed by atoms with Crippen LogP contribution in [0, 0.1) is 6.92 Å². The third kappa shape index (κ3) is 11.3. The summed E-state index contributed by atoms with van der Waals surface area (Å²) in [5.74, 6) is 0. The fourth-order valence-electron chi connectivity index (χ4n) is 2.56. The molecule has 7 heteroatoms. The summed E-state index contributed by atoms with van der Waals surface area (Å²) in [6.07, 6.45) is 6.52. The van der Waals surface area contributed by atoms with Crippen LogP contribution in [0.15, 0.2) is 29.2 Å². The Morgan fingerprint density at radius 1 is 0.929 bits per heavy atom. The number of rotatable bonds is 12. The van der Waals surface area contributed by atoms with E-state index < -0.39 is 15.7 Å². The second-order valence-electron chi connectivity index (χ2n) is 7.99. The lowest BCUT2D eigenvalue weighted by Crippen LogP contribution is -2.32. The highest BCUT2D eigenvalue weighted by atomic mass is 32.2. The third-order valence-electron chi connectivity index (χ3n) is 4.04. The highest BCUT2D eigenvalue weighted by molar-refractivity contribution is 7.86. The minimum absolute atomic E-state index is 0.207. The highest BCUT2D eigenvalue weighted by Gasteiger charge is 2.15. The van der Waals surface area contributed by atoms with Crippen LogP contribution in [-0.4, -0.2) is 33.3 Å². The van der Waals surface area contributed by atoms with Crippen LogP contribution in [0.4, 0.5) is 4.79 Å². The molecule has 28 heavy (non-hydrogen) atoms. The minimum Gasteiger partial charge on any atom is -0.444 e. The molecule has 0 aliphatic carbocycles. The Labute approximate surface area is 170 Å². The quantitative estimate of drug-likeness (QED) is 0.387. The van der Waals surface area contributed by atoms with Crippen molar-refractivity contribution in [3.05, 3.63) is 29.8 Å². The van der Waals surface area contributed by atoms with Gasteiger partial charge in [0, 0.05) is 6.54 Å². The molecule has 0 heterocycles. The fourth-order valence-corrected chi connectivity index (χ4v) is 3.50. The average Bonchev–Trinajstić information content (AvgIpc) is 2.58. The van der Waals surface area contributed by atoms with Crippen molar-refractivity contribution in [2.75, 3.05) is 13.2 Å². The van der Waals surface area contributed by atoms with Crippen LogP contribution in [-0.2, 0) is 19.0 Å². The first-order chi connectivity index (χ1) is 13.1. The van der Waals surface area contributed by atoms with Gasteiger partial charge < -0.3 is 10.1 Å². The van der Waals surface area contributed by atoms with Crippen molar-refractivity contribution in [3.63, 3.8) is 0 Å². The molecule has 6 nitrogen and oxygen atoms in total. The molecule has 1 amide bonds. The summed E-state index contributed by atoms with van der Waals surface area (Å²) in [7, 11) is -3.65. The first-order valence-electron chi connectivity index (χ1n) is 10.0. The van der Waals surface area contributed by atoms with Gasteiger partial charge in [0.15, 0.2) is 0 Å². The number of nitrogens with one attached hydrogen (secondary N) is 1. The van der Waals surface area contributed by atoms with Crippen molar-refractivity contribution < 1.29 is 22.1 Å². The van der Waals surface area contributed by atoms with Crippen molar-refractivity contribution in [2.45, 2.75) is 83.1 Å². The highest BCUT2D eigenvalue weighted by Crippen LogP contribution is 2.14. The Balaban J connectivity index is 1.99. The van der Waals surface area contributed by atoms with Gasteiger partial charge in [-0.3, -0.25) is 4.18 Å². The minimum atomic E-state index is -3.65. The van der Waals surface area contributed by atoms with Gasteiger partial charge in [-0.15, -0.1) is 0 Å². The molecule has 0 atom stereocenters. The number of hydrogen-bond donors (Lipinski definition) is 1. The molecular weight excluding hydrogens is 378 g/mol. The van der Waals surface area contributed by atoms with E-state index in [1.165, 1.54) is 0 Å². The molecular formula is C21H35NO5S. The van der Waals surface area contributed by atoms with Crippen LogP contribution >= 0.6 is 0 Å². The maximum absolute atomic E-state index is 12.0. The third-order valence-corrected chi connectivity index (χ3v) is 5.36. The number of carbonyl (C=O) groups is 1. The molecule has 0 fully saturated rings. The molecule has 1 rings (SSSR count). The number of amides is 1. The van der Waals surface area contributed by atoms with Gasteiger partial charge >= 0.3 is 6.09 Å². The van der Waals surface area contributed by atoms with Crippen molar-refractivity contribution in [3.8, 4) is 0 Å². The van der Waals surface area contributed by atoms with E-state index in [0.29, 0.717) is 6.54 Å². The lowest BCUT2D eigenvalue weighted by Gasteiger charge is -2.19. The molecule has 1 aromatic carbocycles. The van der Waals surface area contributed by atoms with E-state index in [1.807, 2.05) is 27.7 Å². The monoisotopic (exact) mass is 413 g/mol. The Bertz CT molecular complexity index is 678. The summed E-state index contributed by atoms with van der Waals surface area (Å²) in [6.45, 7) is 8.28. The number of alkyl carbamates (subject to hydrolysis) is 1. The molecule has 0 aliphatic rings. The van der Waals surface area contributed by atoms with Crippen LogP contribution < -0.4 is 5.32 Å². The molecule has 0 bridgehead atoms. The summed E-state index contributed by atoms with van der Waals surface area (Å²) in [6, 6.07) is 6.67. The van der Waals surface area contributed by atoms with Crippen LogP contribution in [0.25, 0.3) is 0 Å². The summed E-state index contributed by atoms with van der Waals surface area (Å²) in [5.41, 5.74) is 0.548. The zero-order chi connectivity index (χ0) is 21.0. The van der Waals surface area contributed by atoms with Gasteiger partial charge in [-0.2, -0.15) is 8.42 Å². The number of benzene rings is 1. The Morgan fingerprint density at radius 2 is 1.46 bits per heavy atom. The first kappa shape index (κ1) is 24.4. The van der Waals surface area contributed by atoms with E-state index in [1.54, 1.807) is 24.3 Å². The SMILES string of the molecule is Cc1ccc(S(=O)(=O)OCCCCCCCCCNC(=O)OC(C)(C)C)cc1. The second-order valence-corrected chi connectivity index (χ2v) is 9.61. The summed E-state index contributed by atoms with van der Waals surface area (Å²) >= 11 is 0. The Hall–Kier alpha value is -1.60. The second kappa shape index (κ2) is 12.1. The Kier molecular flexibility index (Phi) is 10.5. The zero-order valence-electron chi connectivity index (χ0n) is 17.6. The number of unbranched alkanes of at least 4 members (excludes halogenated alkanes) is 6. The maximum atomic E-state index is 12.0. The standard InChI is InChI=1S/C21H35NO5S/c1-18-12-14-19(15-13-18)28(24,25)26-17-11-9-7-5-6-8-10-16-22-20(23)27-21(2,3)4/h12-15H,5-11,16-17H2,1-4H3,(H,22,23). The van der Waals surface area contributed by atoms with Gasteiger partial charge in [0.25, 0.3) is 10.1 Å².